The number of anilines is 9. The predicted molar refractivity (Wildman–Crippen MR) is 283 cm³/mol. The number of fused-ring (bicyclic) bond motifs is 4. The van der Waals surface area contributed by atoms with Crippen LogP contribution in [0.3, 0.4) is 0 Å². The topological polar surface area (TPSA) is 35.8 Å². The molecule has 3 heterocycles. The molecule has 0 N–H and O–H groups in total. The molecule has 6 heteroatoms. The fourth-order valence-electron chi connectivity index (χ4n) is 14.9. The van der Waals surface area contributed by atoms with E-state index in [1.54, 1.807) is 0 Å². The van der Waals surface area contributed by atoms with Crippen molar-refractivity contribution < 1.29 is 4.42 Å². The van der Waals surface area contributed by atoms with E-state index < -0.39 is 0 Å². The first-order valence-electron chi connectivity index (χ1n) is 26.5. The lowest BCUT2D eigenvalue weighted by Crippen LogP contribution is -2.73. The van der Waals surface area contributed by atoms with Crippen LogP contribution >= 0.6 is 0 Å². The van der Waals surface area contributed by atoms with Gasteiger partial charge in [0.05, 0.1) is 17.0 Å². The number of unbranched alkanes of at least 4 members (excludes halogenated alkanes) is 4. The van der Waals surface area contributed by atoms with E-state index in [4.69, 9.17) is 9.40 Å². The smallest absolute Gasteiger partial charge is 0.307 e. The lowest BCUT2D eigenvalue weighted by molar-refractivity contribution is -0.288. The Balaban J connectivity index is 1.07. The molecule has 68 heavy (non-hydrogen) atoms. The number of oxazole rings is 1. The summed E-state index contributed by atoms with van der Waals surface area (Å²) in [6.07, 6.45) is 18.6. The highest BCUT2D eigenvalue weighted by atomic mass is 16.4. The van der Waals surface area contributed by atoms with Gasteiger partial charge in [0, 0.05) is 28.4 Å². The molecule has 5 bridgehead atoms. The van der Waals surface area contributed by atoms with Crippen LogP contribution in [0.2, 0.25) is 0 Å². The molecular formula is C62H65BN4O. The number of hydrogen-bond acceptors (Lipinski definition) is 5. The first-order valence-corrected chi connectivity index (χ1v) is 26.5. The maximum absolute atomic E-state index is 7.49. The first-order chi connectivity index (χ1) is 33.5. The molecule has 8 aliphatic rings. The summed E-state index contributed by atoms with van der Waals surface area (Å²) >= 11 is 0. The van der Waals surface area contributed by atoms with Crippen molar-refractivity contribution in [3.05, 3.63) is 162 Å². The number of para-hydroxylation sites is 2. The zero-order chi connectivity index (χ0) is 45.6. The van der Waals surface area contributed by atoms with Gasteiger partial charge in [0.1, 0.15) is 0 Å². The van der Waals surface area contributed by atoms with Gasteiger partial charge >= 0.3 is 6.01 Å². The summed E-state index contributed by atoms with van der Waals surface area (Å²) in [6.45, 7) is 6.75. The molecule has 2 aliphatic heterocycles. The van der Waals surface area contributed by atoms with E-state index in [2.05, 4.69) is 175 Å². The third kappa shape index (κ3) is 6.59. The van der Waals surface area contributed by atoms with Crippen LogP contribution in [0.15, 0.2) is 144 Å². The molecule has 0 radical (unpaired) electrons. The van der Waals surface area contributed by atoms with Crippen LogP contribution in [0.25, 0.3) is 0 Å². The van der Waals surface area contributed by atoms with Gasteiger partial charge in [0.25, 0.3) is 6.71 Å². The molecule has 5 nitrogen and oxygen atoms in total. The number of aryl methyl sites for hydroxylation is 3. The minimum atomic E-state index is -0.129. The van der Waals surface area contributed by atoms with Gasteiger partial charge in [-0.2, -0.15) is 0 Å². The molecule has 1 aromatic heterocycles. The summed E-state index contributed by atoms with van der Waals surface area (Å²) in [7, 11) is 0. The van der Waals surface area contributed by atoms with Gasteiger partial charge in [0.2, 0.25) is 5.88 Å². The number of aromatic nitrogens is 1. The largest absolute Gasteiger partial charge is 0.407 e. The Kier molecular flexibility index (Phi) is 10.3. The maximum Gasteiger partial charge on any atom is 0.307 e. The number of hydrogen-bond donors (Lipinski definition) is 0. The molecule has 6 aliphatic carbocycles. The Morgan fingerprint density at radius 3 is 1.74 bits per heavy atom. The summed E-state index contributed by atoms with van der Waals surface area (Å²) in [6, 6.07) is 53.6. The summed E-state index contributed by atoms with van der Waals surface area (Å²) in [5.74, 6) is 3.57. The molecule has 6 saturated carbocycles. The van der Waals surface area contributed by atoms with Gasteiger partial charge in [-0.3, -0.25) is 9.80 Å². The zero-order valence-electron chi connectivity index (χ0n) is 40.4. The molecule has 2 atom stereocenters. The molecular weight excluding hydrogens is 828 g/mol. The van der Waals surface area contributed by atoms with Crippen molar-refractivity contribution in [2.75, 3.05) is 14.7 Å². The Labute approximate surface area is 404 Å². The van der Waals surface area contributed by atoms with E-state index in [0.29, 0.717) is 11.4 Å². The van der Waals surface area contributed by atoms with Crippen molar-refractivity contribution in [1.82, 2.24) is 4.98 Å². The monoisotopic (exact) mass is 893 g/mol. The van der Waals surface area contributed by atoms with Gasteiger partial charge in [-0.15, -0.1) is 0 Å². The van der Waals surface area contributed by atoms with Crippen molar-refractivity contribution in [1.29, 1.82) is 0 Å². The molecule has 342 valence electrons. The molecule has 0 saturated heterocycles. The fraction of sp³-hybridized carbons (Fsp3) is 0.371. The minimum absolute atomic E-state index is 0.129. The third-order valence-electron chi connectivity index (χ3n) is 17.6. The van der Waals surface area contributed by atoms with Crippen molar-refractivity contribution in [2.45, 2.75) is 122 Å². The van der Waals surface area contributed by atoms with Crippen molar-refractivity contribution in [3.8, 4) is 0 Å². The molecule has 2 unspecified atom stereocenters. The number of nitrogens with zero attached hydrogens (tertiary/aromatic N) is 4. The Bertz CT molecular complexity index is 2920. The fourth-order valence-corrected chi connectivity index (χ4v) is 14.9. The van der Waals surface area contributed by atoms with Gasteiger partial charge in [-0.05, 0) is 199 Å². The van der Waals surface area contributed by atoms with Crippen molar-refractivity contribution >= 4 is 74.9 Å². The summed E-state index contributed by atoms with van der Waals surface area (Å²) in [4.78, 5) is 13.1. The van der Waals surface area contributed by atoms with Crippen LogP contribution < -0.4 is 31.2 Å². The van der Waals surface area contributed by atoms with E-state index in [9.17, 15) is 0 Å². The second-order valence-corrected chi connectivity index (χ2v) is 21.8. The molecule has 0 amide bonds. The highest BCUT2D eigenvalue weighted by molar-refractivity contribution is 6.99. The van der Waals surface area contributed by atoms with Crippen LogP contribution in [0, 0.1) is 23.2 Å². The summed E-state index contributed by atoms with van der Waals surface area (Å²) in [5.41, 5.74) is 18.3. The second kappa shape index (κ2) is 16.6. The van der Waals surface area contributed by atoms with E-state index in [-0.39, 0.29) is 12.1 Å². The highest BCUT2D eigenvalue weighted by Crippen LogP contribution is 2.82. The molecule has 15 rings (SSSR count). The average Bonchev–Trinajstić information content (AvgIpc) is 3.80. The number of rotatable bonds is 16. The number of benzene rings is 6. The lowest BCUT2D eigenvalue weighted by Gasteiger charge is -2.80. The van der Waals surface area contributed by atoms with E-state index in [1.807, 2.05) is 0 Å². The second-order valence-electron chi connectivity index (χ2n) is 21.8. The Morgan fingerprint density at radius 2 is 1.15 bits per heavy atom. The van der Waals surface area contributed by atoms with Crippen LogP contribution in [-0.4, -0.2) is 11.7 Å². The molecule has 1 spiro atoms. The lowest BCUT2D eigenvalue weighted by atomic mass is 9.24. The van der Waals surface area contributed by atoms with Crippen LogP contribution in [0.5, 0.6) is 0 Å². The van der Waals surface area contributed by atoms with E-state index in [0.717, 1.165) is 65.6 Å². The van der Waals surface area contributed by atoms with E-state index >= 15 is 0 Å². The molecule has 6 aromatic carbocycles. The molecule has 6 fully saturated rings. The third-order valence-corrected chi connectivity index (χ3v) is 17.6. The van der Waals surface area contributed by atoms with E-state index in [1.165, 1.54) is 133 Å². The van der Waals surface area contributed by atoms with Crippen molar-refractivity contribution in [3.63, 3.8) is 0 Å². The normalized spacial score (nSPS) is 23.1. The Morgan fingerprint density at radius 1 is 0.588 bits per heavy atom. The quantitative estimate of drug-likeness (QED) is 0.0713. The van der Waals surface area contributed by atoms with Gasteiger partial charge in [-0.25, -0.2) is 4.98 Å². The highest BCUT2D eigenvalue weighted by Gasteiger charge is 2.75. The standard InChI is InChI=1S/C62H65BN4O/c1-4-7-12-19-44-28-33-53-52(34-44)63-57-54(66(53)50-29-24-42(25-30-50)17-8-5-2)35-47(61-37-45-39-62(41-61)40-46(38-61)56(45)62)36-55(57)67(51-31-26-43(27-32-51)18-9-6-3)59-58(63)64-60(68-59)65(48-20-13-10-14-21-48)49-22-15-11-16-23-49/h10-11,13-16,20-36,45-46,56H,4-9,12,17-19,37-41H2,1-3H3. The first kappa shape index (κ1) is 42.1. The summed E-state index contributed by atoms with van der Waals surface area (Å²) in [5, 5.41) is 0. The van der Waals surface area contributed by atoms with Gasteiger partial charge in [0.15, 0.2) is 0 Å². The maximum atomic E-state index is 7.49. The average molecular weight is 893 g/mol. The summed E-state index contributed by atoms with van der Waals surface area (Å²) < 4.78 is 7.49. The van der Waals surface area contributed by atoms with Crippen LogP contribution in [0.1, 0.15) is 120 Å². The van der Waals surface area contributed by atoms with Crippen LogP contribution in [-0.2, 0) is 24.7 Å². The van der Waals surface area contributed by atoms with Crippen molar-refractivity contribution in [2.24, 2.45) is 23.2 Å². The minimum Gasteiger partial charge on any atom is -0.407 e. The Hall–Kier alpha value is -6.01. The predicted octanol–water partition coefficient (Wildman–Crippen LogP) is 14.7. The van der Waals surface area contributed by atoms with Gasteiger partial charge in [-0.1, -0.05) is 119 Å². The van der Waals surface area contributed by atoms with Gasteiger partial charge < -0.3 is 9.32 Å². The SMILES string of the molecule is CCCCCc1ccc2c(c1)B1c3nc(N(c4ccccc4)c4ccccc4)oc3N(c3ccc(CCCC)cc3)c3cc(C45CC6CC7(CC(C4)C67)C5)cc(c31)N2c1ccc(CCCC)cc1. The molecule has 7 aromatic rings. The van der Waals surface area contributed by atoms with Crippen LogP contribution in [0.4, 0.5) is 51.7 Å². The zero-order valence-corrected chi connectivity index (χ0v) is 40.4.